The Morgan fingerprint density at radius 1 is 1.00 bits per heavy atom. The highest BCUT2D eigenvalue weighted by Gasteiger charge is 2.22. The third-order valence-electron chi connectivity index (χ3n) is 2.11. The molecule has 4 heteroatoms. The van der Waals surface area contributed by atoms with Gasteiger partial charge in [0.2, 0.25) is 8.45 Å². The van der Waals surface area contributed by atoms with Crippen LogP contribution in [0.4, 0.5) is 0 Å². The molecule has 0 radical (unpaired) electrons. The van der Waals surface area contributed by atoms with Gasteiger partial charge in [-0.3, -0.25) is 0 Å². The molecule has 0 aliphatic carbocycles. The van der Waals surface area contributed by atoms with Crippen LogP contribution >= 0.6 is 8.45 Å². The molecule has 0 aliphatic rings. The van der Waals surface area contributed by atoms with E-state index in [-0.39, 0.29) is 0 Å². The van der Waals surface area contributed by atoms with Crippen molar-refractivity contribution in [2.24, 2.45) is 0 Å². The second-order valence-electron chi connectivity index (χ2n) is 2.80. The van der Waals surface area contributed by atoms with Crippen LogP contribution in [0.1, 0.15) is 27.7 Å². The van der Waals surface area contributed by atoms with Gasteiger partial charge >= 0.3 is 0 Å². The Balaban J connectivity index is 4.43. The Morgan fingerprint density at radius 2 is 1.36 bits per heavy atom. The fraction of sp³-hybridized carbons (Fsp3) is 0.800. The second-order valence-corrected chi connectivity index (χ2v) is 4.65. The van der Waals surface area contributed by atoms with E-state index in [1.807, 2.05) is 0 Å². The topological polar surface area (TPSA) is 15.7 Å². The average molecular weight is 218 g/mol. The Labute approximate surface area is 89.7 Å². The lowest BCUT2D eigenvalue weighted by Crippen LogP contribution is -2.29. The van der Waals surface area contributed by atoms with E-state index < -0.39 is 8.45 Å². The largest absolute Gasteiger partial charge is 0.453 e. The highest BCUT2D eigenvalue weighted by molar-refractivity contribution is 7.47. The number of nitrogens with zero attached hydrogens (tertiary/aromatic N) is 2. The maximum Gasteiger partial charge on any atom is 0.247 e. The van der Waals surface area contributed by atoms with Crippen LogP contribution in [0.2, 0.25) is 0 Å². The molecule has 0 spiro atoms. The Hall–Kier alpha value is -0.110. The molecule has 0 heterocycles. The Kier molecular flexibility index (Phi) is 8.15. The van der Waals surface area contributed by atoms with Gasteiger partial charge in [-0.1, -0.05) is 34.3 Å². The quantitative estimate of drug-likeness (QED) is 0.460. The standard InChI is InChI=1S/C10H23N2OP/c1-6-11(7-2)14(13-10-5)12(8-3)9-4/h10H,5-9H2,1-4H3. The molecule has 0 bridgehead atoms. The van der Waals surface area contributed by atoms with Crippen molar-refractivity contribution in [3.8, 4) is 0 Å². The van der Waals surface area contributed by atoms with Crippen molar-refractivity contribution < 1.29 is 4.52 Å². The van der Waals surface area contributed by atoms with Crippen LogP contribution in [-0.2, 0) is 4.52 Å². The molecule has 0 N–H and O–H groups in total. The molecule has 0 unspecified atom stereocenters. The van der Waals surface area contributed by atoms with Crippen molar-refractivity contribution in [2.45, 2.75) is 27.7 Å². The third-order valence-corrected chi connectivity index (χ3v) is 4.55. The fourth-order valence-electron chi connectivity index (χ4n) is 1.31. The number of hydrogen-bond acceptors (Lipinski definition) is 3. The summed E-state index contributed by atoms with van der Waals surface area (Å²) in [6, 6.07) is 0. The lowest BCUT2D eigenvalue weighted by atomic mass is 10.7. The third kappa shape index (κ3) is 3.95. The summed E-state index contributed by atoms with van der Waals surface area (Å²) < 4.78 is 10.3. The minimum Gasteiger partial charge on any atom is -0.453 e. The van der Waals surface area contributed by atoms with E-state index in [9.17, 15) is 0 Å². The van der Waals surface area contributed by atoms with Gasteiger partial charge in [0.15, 0.2) is 0 Å². The molecule has 0 aromatic carbocycles. The van der Waals surface area contributed by atoms with Crippen LogP contribution in [0.15, 0.2) is 12.8 Å². The number of hydrogen-bond donors (Lipinski definition) is 0. The summed E-state index contributed by atoms with van der Waals surface area (Å²) in [4.78, 5) is 0. The van der Waals surface area contributed by atoms with E-state index in [2.05, 4.69) is 43.6 Å². The molecule has 0 atom stereocenters. The molecular weight excluding hydrogens is 195 g/mol. The molecule has 84 valence electrons. The van der Waals surface area contributed by atoms with Gasteiger partial charge in [0.05, 0.1) is 6.26 Å². The summed E-state index contributed by atoms with van der Waals surface area (Å²) in [6.07, 6.45) is 1.56. The van der Waals surface area contributed by atoms with Gasteiger partial charge in [-0.15, -0.1) is 0 Å². The van der Waals surface area contributed by atoms with Crippen molar-refractivity contribution >= 4 is 8.45 Å². The monoisotopic (exact) mass is 218 g/mol. The van der Waals surface area contributed by atoms with E-state index in [0.29, 0.717) is 0 Å². The van der Waals surface area contributed by atoms with Crippen LogP contribution < -0.4 is 0 Å². The molecule has 0 saturated carbocycles. The SMILES string of the molecule is C=COP(N(CC)CC)N(CC)CC. The highest BCUT2D eigenvalue weighted by atomic mass is 31.2. The molecule has 0 fully saturated rings. The van der Waals surface area contributed by atoms with Gasteiger partial charge in [0.25, 0.3) is 0 Å². The van der Waals surface area contributed by atoms with Crippen LogP contribution in [-0.4, -0.2) is 35.5 Å². The highest BCUT2D eigenvalue weighted by Crippen LogP contribution is 2.44. The maximum absolute atomic E-state index is 5.61. The van der Waals surface area contributed by atoms with E-state index in [0.717, 1.165) is 26.2 Å². The zero-order valence-corrected chi connectivity index (χ0v) is 10.8. The second kappa shape index (κ2) is 8.22. The van der Waals surface area contributed by atoms with Crippen molar-refractivity contribution in [1.82, 2.24) is 9.34 Å². The van der Waals surface area contributed by atoms with Crippen molar-refractivity contribution in [2.75, 3.05) is 26.2 Å². The lowest BCUT2D eigenvalue weighted by Gasteiger charge is -2.34. The first kappa shape index (κ1) is 13.9. The van der Waals surface area contributed by atoms with Crippen molar-refractivity contribution in [3.05, 3.63) is 12.8 Å². The smallest absolute Gasteiger partial charge is 0.247 e. The summed E-state index contributed by atoms with van der Waals surface area (Å²) in [6.45, 7) is 16.4. The van der Waals surface area contributed by atoms with E-state index in [1.54, 1.807) is 6.26 Å². The molecule has 0 amide bonds. The Bertz CT molecular complexity index is 135. The molecule has 0 rings (SSSR count). The van der Waals surface area contributed by atoms with Crippen LogP contribution in [0, 0.1) is 0 Å². The Morgan fingerprint density at radius 3 is 1.57 bits per heavy atom. The van der Waals surface area contributed by atoms with Crippen molar-refractivity contribution in [3.63, 3.8) is 0 Å². The van der Waals surface area contributed by atoms with E-state index in [4.69, 9.17) is 4.52 Å². The summed E-state index contributed by atoms with van der Waals surface area (Å²) in [7, 11) is -0.639. The molecule has 14 heavy (non-hydrogen) atoms. The van der Waals surface area contributed by atoms with Gasteiger partial charge in [-0.25, -0.2) is 9.34 Å². The number of rotatable bonds is 8. The minimum atomic E-state index is -0.639. The molecule has 0 aromatic rings. The molecule has 0 aliphatic heterocycles. The molecule has 0 aromatic heterocycles. The van der Waals surface area contributed by atoms with E-state index in [1.165, 1.54) is 0 Å². The van der Waals surface area contributed by atoms with Gasteiger partial charge in [-0.2, -0.15) is 0 Å². The molecule has 3 nitrogen and oxygen atoms in total. The first-order valence-electron chi connectivity index (χ1n) is 5.32. The van der Waals surface area contributed by atoms with Crippen LogP contribution in [0.3, 0.4) is 0 Å². The molecular formula is C10H23N2OP. The van der Waals surface area contributed by atoms with E-state index >= 15 is 0 Å². The normalized spacial score (nSPS) is 11.4. The minimum absolute atomic E-state index is 0.639. The summed E-state index contributed by atoms with van der Waals surface area (Å²) in [5.74, 6) is 0. The lowest BCUT2D eigenvalue weighted by molar-refractivity contribution is 0.338. The van der Waals surface area contributed by atoms with Crippen LogP contribution in [0.25, 0.3) is 0 Å². The first-order chi connectivity index (χ1) is 6.74. The maximum atomic E-state index is 5.61. The summed E-state index contributed by atoms with van der Waals surface area (Å²) in [5, 5.41) is 0. The van der Waals surface area contributed by atoms with Crippen LogP contribution in [0.5, 0.6) is 0 Å². The predicted molar refractivity (Wildman–Crippen MR) is 64.0 cm³/mol. The van der Waals surface area contributed by atoms with Gasteiger partial charge < -0.3 is 4.52 Å². The first-order valence-corrected chi connectivity index (χ1v) is 6.49. The van der Waals surface area contributed by atoms with Gasteiger partial charge in [-0.05, 0) is 0 Å². The predicted octanol–water partition coefficient (Wildman–Crippen LogP) is 3.06. The zero-order chi connectivity index (χ0) is 11.0. The summed E-state index contributed by atoms with van der Waals surface area (Å²) in [5.41, 5.74) is 0. The van der Waals surface area contributed by atoms with Gasteiger partial charge in [0.1, 0.15) is 0 Å². The average Bonchev–Trinajstić information content (AvgIpc) is 2.21. The molecule has 0 saturated heterocycles. The fourth-order valence-corrected chi connectivity index (χ4v) is 3.04. The zero-order valence-electron chi connectivity index (χ0n) is 9.86. The summed E-state index contributed by atoms with van der Waals surface area (Å²) >= 11 is 0. The van der Waals surface area contributed by atoms with Gasteiger partial charge in [0, 0.05) is 26.2 Å². The van der Waals surface area contributed by atoms with Crippen molar-refractivity contribution in [1.29, 1.82) is 0 Å².